The van der Waals surface area contributed by atoms with Crippen molar-refractivity contribution in [2.24, 2.45) is 0 Å². The minimum absolute atomic E-state index is 0.176. The van der Waals surface area contributed by atoms with Gasteiger partial charge in [0.1, 0.15) is 0 Å². The SMILES string of the molecule is C/C=C/CCNCc1ncc(C)c([N+](=O)[O-])c1C. The van der Waals surface area contributed by atoms with Gasteiger partial charge in [-0.05, 0) is 33.7 Å². The van der Waals surface area contributed by atoms with Crippen LogP contribution in [-0.4, -0.2) is 16.5 Å². The summed E-state index contributed by atoms with van der Waals surface area (Å²) in [6.45, 7) is 6.84. The standard InChI is InChI=1S/C13H19N3O2/c1-4-5-6-7-14-9-12-11(3)13(16(17)18)10(2)8-15-12/h4-5,8,14H,6-7,9H2,1-3H3/b5-4+. The first-order valence-corrected chi connectivity index (χ1v) is 5.99. The summed E-state index contributed by atoms with van der Waals surface area (Å²) in [5.41, 5.74) is 2.18. The Hall–Kier alpha value is -1.75. The number of aromatic nitrogens is 1. The maximum Gasteiger partial charge on any atom is 0.278 e. The number of nitrogens with one attached hydrogen (secondary N) is 1. The monoisotopic (exact) mass is 249 g/mol. The molecule has 5 nitrogen and oxygen atoms in total. The number of aryl methyl sites for hydroxylation is 1. The van der Waals surface area contributed by atoms with E-state index in [1.54, 1.807) is 20.0 Å². The van der Waals surface area contributed by atoms with Crippen LogP contribution in [0.3, 0.4) is 0 Å². The summed E-state index contributed by atoms with van der Waals surface area (Å²) in [5, 5.41) is 14.2. The molecule has 0 aromatic carbocycles. The maximum absolute atomic E-state index is 11.0. The molecule has 0 amide bonds. The molecule has 0 radical (unpaired) electrons. The van der Waals surface area contributed by atoms with Crippen molar-refractivity contribution in [1.82, 2.24) is 10.3 Å². The summed E-state index contributed by atoms with van der Waals surface area (Å²) >= 11 is 0. The van der Waals surface area contributed by atoms with Crippen molar-refractivity contribution in [2.45, 2.75) is 33.7 Å². The van der Waals surface area contributed by atoms with E-state index in [0.29, 0.717) is 17.7 Å². The molecule has 0 aliphatic heterocycles. The first-order chi connectivity index (χ1) is 8.57. The third-order valence-electron chi connectivity index (χ3n) is 2.77. The van der Waals surface area contributed by atoms with Gasteiger partial charge in [-0.25, -0.2) is 0 Å². The Morgan fingerprint density at radius 1 is 1.50 bits per heavy atom. The molecule has 5 heteroatoms. The van der Waals surface area contributed by atoms with Crippen LogP contribution in [0, 0.1) is 24.0 Å². The fraction of sp³-hybridized carbons (Fsp3) is 0.462. The van der Waals surface area contributed by atoms with E-state index in [9.17, 15) is 10.1 Å². The van der Waals surface area contributed by atoms with E-state index in [-0.39, 0.29) is 10.6 Å². The Balaban J connectivity index is 2.72. The van der Waals surface area contributed by atoms with E-state index in [1.807, 2.05) is 13.0 Å². The van der Waals surface area contributed by atoms with Crippen LogP contribution in [0.15, 0.2) is 18.3 Å². The average Bonchev–Trinajstić information content (AvgIpc) is 2.31. The summed E-state index contributed by atoms with van der Waals surface area (Å²) in [4.78, 5) is 14.9. The van der Waals surface area contributed by atoms with Gasteiger partial charge in [-0.2, -0.15) is 0 Å². The van der Waals surface area contributed by atoms with E-state index in [4.69, 9.17) is 0 Å². The van der Waals surface area contributed by atoms with Crippen molar-refractivity contribution in [1.29, 1.82) is 0 Å². The molecule has 0 atom stereocenters. The van der Waals surface area contributed by atoms with E-state index in [2.05, 4.69) is 16.4 Å². The molecule has 1 heterocycles. The maximum atomic E-state index is 11.0. The number of hydrogen-bond donors (Lipinski definition) is 1. The van der Waals surface area contributed by atoms with Gasteiger partial charge in [-0.15, -0.1) is 0 Å². The molecule has 0 saturated heterocycles. The number of nitro groups is 1. The number of nitrogens with zero attached hydrogens (tertiary/aromatic N) is 2. The van der Waals surface area contributed by atoms with Gasteiger partial charge in [0, 0.05) is 23.9 Å². The van der Waals surface area contributed by atoms with Gasteiger partial charge in [-0.1, -0.05) is 12.2 Å². The highest BCUT2D eigenvalue weighted by Crippen LogP contribution is 2.23. The molecule has 1 N–H and O–H groups in total. The fourth-order valence-corrected chi connectivity index (χ4v) is 1.78. The average molecular weight is 249 g/mol. The highest BCUT2D eigenvalue weighted by molar-refractivity contribution is 5.47. The van der Waals surface area contributed by atoms with Crippen LogP contribution >= 0.6 is 0 Å². The van der Waals surface area contributed by atoms with Gasteiger partial charge in [0.2, 0.25) is 0 Å². The van der Waals surface area contributed by atoms with Crippen molar-refractivity contribution in [3.8, 4) is 0 Å². The van der Waals surface area contributed by atoms with Crippen molar-refractivity contribution in [2.75, 3.05) is 6.54 Å². The fourth-order valence-electron chi connectivity index (χ4n) is 1.78. The van der Waals surface area contributed by atoms with Gasteiger partial charge in [0.15, 0.2) is 0 Å². The van der Waals surface area contributed by atoms with Crippen molar-refractivity contribution in [3.63, 3.8) is 0 Å². The predicted octanol–water partition coefficient (Wildman–Crippen LogP) is 2.66. The zero-order valence-corrected chi connectivity index (χ0v) is 11.1. The number of pyridine rings is 1. The Morgan fingerprint density at radius 2 is 2.22 bits per heavy atom. The van der Waals surface area contributed by atoms with Crippen molar-refractivity contribution in [3.05, 3.63) is 45.3 Å². The molecule has 1 aromatic heterocycles. The lowest BCUT2D eigenvalue weighted by molar-refractivity contribution is -0.386. The number of rotatable bonds is 6. The summed E-state index contributed by atoms with van der Waals surface area (Å²) in [6.07, 6.45) is 6.59. The lowest BCUT2D eigenvalue weighted by Crippen LogP contribution is -2.16. The van der Waals surface area contributed by atoms with E-state index in [1.165, 1.54) is 0 Å². The molecule has 18 heavy (non-hydrogen) atoms. The number of hydrogen-bond acceptors (Lipinski definition) is 4. The molecule has 0 unspecified atom stereocenters. The first kappa shape index (κ1) is 14.3. The summed E-state index contributed by atoms with van der Waals surface area (Å²) in [6, 6.07) is 0. The van der Waals surface area contributed by atoms with E-state index >= 15 is 0 Å². The minimum Gasteiger partial charge on any atom is -0.311 e. The summed E-state index contributed by atoms with van der Waals surface area (Å²) < 4.78 is 0. The quantitative estimate of drug-likeness (QED) is 0.364. The molecule has 98 valence electrons. The number of allylic oxidation sites excluding steroid dienone is 1. The molecular formula is C13H19N3O2. The Morgan fingerprint density at radius 3 is 2.83 bits per heavy atom. The van der Waals surface area contributed by atoms with Crippen LogP contribution in [-0.2, 0) is 6.54 Å². The molecule has 0 bridgehead atoms. The largest absolute Gasteiger partial charge is 0.311 e. The van der Waals surface area contributed by atoms with Gasteiger partial charge in [-0.3, -0.25) is 15.1 Å². The zero-order valence-electron chi connectivity index (χ0n) is 11.1. The first-order valence-electron chi connectivity index (χ1n) is 5.99. The lowest BCUT2D eigenvalue weighted by atomic mass is 10.1. The Bertz CT molecular complexity index is 456. The lowest BCUT2D eigenvalue weighted by Gasteiger charge is -2.08. The van der Waals surface area contributed by atoms with Crippen LogP contribution in [0.25, 0.3) is 0 Å². The van der Waals surface area contributed by atoms with Crippen molar-refractivity contribution >= 4 is 5.69 Å². The van der Waals surface area contributed by atoms with Crippen LogP contribution in [0.5, 0.6) is 0 Å². The normalized spacial score (nSPS) is 11.1. The minimum atomic E-state index is -0.338. The highest BCUT2D eigenvalue weighted by atomic mass is 16.6. The summed E-state index contributed by atoms with van der Waals surface area (Å²) in [7, 11) is 0. The van der Waals surface area contributed by atoms with Gasteiger partial charge in [0.05, 0.1) is 10.6 Å². The van der Waals surface area contributed by atoms with Crippen LogP contribution in [0.1, 0.15) is 30.2 Å². The van der Waals surface area contributed by atoms with Crippen LogP contribution in [0.4, 0.5) is 5.69 Å². The molecule has 0 fully saturated rings. The smallest absolute Gasteiger partial charge is 0.278 e. The topological polar surface area (TPSA) is 68.1 Å². The summed E-state index contributed by atoms with van der Waals surface area (Å²) in [5.74, 6) is 0. The van der Waals surface area contributed by atoms with Gasteiger partial charge in [0.25, 0.3) is 5.69 Å². The molecule has 1 rings (SSSR count). The van der Waals surface area contributed by atoms with Crippen LogP contribution in [0.2, 0.25) is 0 Å². The molecule has 0 saturated carbocycles. The van der Waals surface area contributed by atoms with Crippen LogP contribution < -0.4 is 5.32 Å². The zero-order chi connectivity index (χ0) is 13.5. The van der Waals surface area contributed by atoms with Gasteiger partial charge < -0.3 is 5.32 Å². The van der Waals surface area contributed by atoms with E-state index in [0.717, 1.165) is 18.7 Å². The molecule has 1 aromatic rings. The molecule has 0 aliphatic carbocycles. The highest BCUT2D eigenvalue weighted by Gasteiger charge is 2.18. The second kappa shape index (κ2) is 6.86. The third-order valence-corrected chi connectivity index (χ3v) is 2.77. The Kier molecular flexibility index (Phi) is 5.45. The predicted molar refractivity (Wildman–Crippen MR) is 71.5 cm³/mol. The molecule has 0 spiro atoms. The van der Waals surface area contributed by atoms with E-state index < -0.39 is 0 Å². The second-order valence-corrected chi connectivity index (χ2v) is 4.15. The van der Waals surface area contributed by atoms with Crippen molar-refractivity contribution < 1.29 is 4.92 Å². The van der Waals surface area contributed by atoms with Gasteiger partial charge >= 0.3 is 0 Å². The molecule has 0 aliphatic rings. The third kappa shape index (κ3) is 3.63. The molecular weight excluding hydrogens is 230 g/mol. The second-order valence-electron chi connectivity index (χ2n) is 4.15. The Labute approximate surface area is 107 Å².